The minimum atomic E-state index is 0.109. The van der Waals surface area contributed by atoms with E-state index in [9.17, 15) is 4.79 Å². The lowest BCUT2D eigenvalue weighted by Gasteiger charge is -2.32. The minimum Gasteiger partial charge on any atom is -0.335 e. The van der Waals surface area contributed by atoms with Crippen molar-refractivity contribution in [1.82, 2.24) is 4.90 Å². The van der Waals surface area contributed by atoms with Gasteiger partial charge in [0.05, 0.1) is 0 Å². The summed E-state index contributed by atoms with van der Waals surface area (Å²) in [6.07, 6.45) is 3.17. The second-order valence-corrected chi connectivity index (χ2v) is 6.54. The van der Waals surface area contributed by atoms with Crippen LogP contribution in [0.25, 0.3) is 0 Å². The fourth-order valence-electron chi connectivity index (χ4n) is 2.32. The van der Waals surface area contributed by atoms with E-state index < -0.39 is 0 Å². The minimum absolute atomic E-state index is 0.109. The predicted molar refractivity (Wildman–Crippen MR) is 81.8 cm³/mol. The van der Waals surface area contributed by atoms with E-state index in [2.05, 4.69) is 39.5 Å². The van der Waals surface area contributed by atoms with Crippen LogP contribution in [-0.2, 0) is 0 Å². The zero-order valence-corrected chi connectivity index (χ0v) is 12.7. The van der Waals surface area contributed by atoms with Crippen LogP contribution in [0.1, 0.15) is 37.6 Å². The van der Waals surface area contributed by atoms with Crippen LogP contribution in [0.2, 0.25) is 0 Å². The Hall–Kier alpha value is -1.22. The predicted octanol–water partition coefficient (Wildman–Crippen LogP) is 3.79. The standard InChI is InChI=1S/C16H21NOS/c1-16(2,3)13-8-10-17(11-9-13)15(18)12-4-6-14(19)7-5-12/h4-8,19H,9-11H2,1-3H3. The van der Waals surface area contributed by atoms with Crippen molar-refractivity contribution in [3.63, 3.8) is 0 Å². The van der Waals surface area contributed by atoms with Gasteiger partial charge in [0.25, 0.3) is 5.91 Å². The normalized spacial score (nSPS) is 16.2. The monoisotopic (exact) mass is 275 g/mol. The fraction of sp³-hybridized carbons (Fsp3) is 0.438. The first-order valence-corrected chi connectivity index (χ1v) is 7.10. The molecule has 0 spiro atoms. The molecular formula is C16H21NOS. The number of thiol groups is 1. The van der Waals surface area contributed by atoms with Gasteiger partial charge in [0, 0.05) is 23.5 Å². The fourth-order valence-corrected chi connectivity index (χ4v) is 2.47. The van der Waals surface area contributed by atoms with E-state index in [0.717, 1.165) is 23.4 Å². The molecule has 0 fully saturated rings. The molecule has 1 aliphatic heterocycles. The molecule has 1 amide bonds. The van der Waals surface area contributed by atoms with Crippen molar-refractivity contribution in [1.29, 1.82) is 0 Å². The second-order valence-electron chi connectivity index (χ2n) is 6.03. The molecule has 102 valence electrons. The molecule has 0 saturated heterocycles. The third-order valence-electron chi connectivity index (χ3n) is 3.57. The van der Waals surface area contributed by atoms with Crippen LogP contribution in [-0.4, -0.2) is 23.9 Å². The topological polar surface area (TPSA) is 20.3 Å². The average molecular weight is 275 g/mol. The highest BCUT2D eigenvalue weighted by molar-refractivity contribution is 7.80. The first kappa shape index (κ1) is 14.2. The number of hydrogen-bond acceptors (Lipinski definition) is 2. The van der Waals surface area contributed by atoms with Crippen molar-refractivity contribution in [3.05, 3.63) is 41.5 Å². The highest BCUT2D eigenvalue weighted by atomic mass is 32.1. The summed E-state index contributed by atoms with van der Waals surface area (Å²) in [6, 6.07) is 7.40. The van der Waals surface area contributed by atoms with Crippen LogP contribution in [0.4, 0.5) is 0 Å². The summed E-state index contributed by atoms with van der Waals surface area (Å²) >= 11 is 4.24. The summed E-state index contributed by atoms with van der Waals surface area (Å²) in [7, 11) is 0. The van der Waals surface area contributed by atoms with E-state index in [0.29, 0.717) is 6.54 Å². The molecule has 0 N–H and O–H groups in total. The largest absolute Gasteiger partial charge is 0.335 e. The van der Waals surface area contributed by atoms with Gasteiger partial charge in [-0.2, -0.15) is 0 Å². The van der Waals surface area contributed by atoms with Crippen LogP contribution in [0.5, 0.6) is 0 Å². The number of benzene rings is 1. The number of amides is 1. The maximum absolute atomic E-state index is 12.3. The summed E-state index contributed by atoms with van der Waals surface area (Å²) in [4.78, 5) is 15.1. The van der Waals surface area contributed by atoms with Crippen LogP contribution < -0.4 is 0 Å². The van der Waals surface area contributed by atoms with E-state index in [1.165, 1.54) is 5.57 Å². The Labute approximate surface area is 120 Å². The molecule has 1 heterocycles. The molecule has 19 heavy (non-hydrogen) atoms. The molecule has 1 aromatic carbocycles. The Kier molecular flexibility index (Phi) is 4.04. The van der Waals surface area contributed by atoms with Gasteiger partial charge in [-0.3, -0.25) is 4.79 Å². The Bertz CT molecular complexity index is 496. The van der Waals surface area contributed by atoms with Crippen LogP contribution in [0.3, 0.4) is 0 Å². The van der Waals surface area contributed by atoms with E-state index in [4.69, 9.17) is 0 Å². The molecule has 0 atom stereocenters. The summed E-state index contributed by atoms with van der Waals surface area (Å²) in [5.74, 6) is 0.109. The van der Waals surface area contributed by atoms with Gasteiger partial charge in [-0.05, 0) is 36.1 Å². The van der Waals surface area contributed by atoms with Crippen molar-refractivity contribution in [3.8, 4) is 0 Å². The zero-order chi connectivity index (χ0) is 14.0. The van der Waals surface area contributed by atoms with E-state index in [1.807, 2.05) is 29.2 Å². The van der Waals surface area contributed by atoms with Gasteiger partial charge >= 0.3 is 0 Å². The maximum atomic E-state index is 12.3. The lowest BCUT2D eigenvalue weighted by atomic mass is 9.83. The first-order valence-electron chi connectivity index (χ1n) is 6.66. The molecule has 2 rings (SSSR count). The molecule has 0 saturated carbocycles. The molecule has 2 nitrogen and oxygen atoms in total. The number of nitrogens with zero attached hydrogens (tertiary/aromatic N) is 1. The van der Waals surface area contributed by atoms with Gasteiger partial charge in [0.15, 0.2) is 0 Å². The average Bonchev–Trinajstić information content (AvgIpc) is 2.38. The van der Waals surface area contributed by atoms with Gasteiger partial charge in [-0.1, -0.05) is 32.4 Å². The smallest absolute Gasteiger partial charge is 0.254 e. The molecule has 3 heteroatoms. The van der Waals surface area contributed by atoms with Gasteiger partial charge in [0.1, 0.15) is 0 Å². The molecule has 0 radical (unpaired) electrons. The van der Waals surface area contributed by atoms with Crippen LogP contribution in [0, 0.1) is 5.41 Å². The van der Waals surface area contributed by atoms with Crippen LogP contribution >= 0.6 is 12.6 Å². The van der Waals surface area contributed by atoms with Crippen molar-refractivity contribution in [2.75, 3.05) is 13.1 Å². The molecular weight excluding hydrogens is 254 g/mol. The molecule has 0 aromatic heterocycles. The molecule has 1 aromatic rings. The summed E-state index contributed by atoms with van der Waals surface area (Å²) in [5, 5.41) is 0. The lowest BCUT2D eigenvalue weighted by molar-refractivity contribution is 0.0765. The molecule has 0 unspecified atom stereocenters. The summed E-state index contributed by atoms with van der Waals surface area (Å²) in [5.41, 5.74) is 2.40. The Balaban J connectivity index is 2.07. The number of rotatable bonds is 1. The van der Waals surface area contributed by atoms with E-state index in [-0.39, 0.29) is 11.3 Å². The Morgan fingerprint density at radius 1 is 1.21 bits per heavy atom. The number of carbonyl (C=O) groups excluding carboxylic acids is 1. The third kappa shape index (κ3) is 3.41. The summed E-state index contributed by atoms with van der Waals surface area (Å²) < 4.78 is 0. The summed E-state index contributed by atoms with van der Waals surface area (Å²) in [6.45, 7) is 8.20. The van der Waals surface area contributed by atoms with Gasteiger partial charge in [-0.15, -0.1) is 12.6 Å². The number of hydrogen-bond donors (Lipinski definition) is 1. The van der Waals surface area contributed by atoms with E-state index in [1.54, 1.807) is 0 Å². The first-order chi connectivity index (χ1) is 8.88. The SMILES string of the molecule is CC(C)(C)C1=CCN(C(=O)c2ccc(S)cc2)CC1. The van der Waals surface area contributed by atoms with Gasteiger partial charge in [-0.25, -0.2) is 0 Å². The Morgan fingerprint density at radius 3 is 2.32 bits per heavy atom. The zero-order valence-electron chi connectivity index (χ0n) is 11.8. The highest BCUT2D eigenvalue weighted by Gasteiger charge is 2.24. The quantitative estimate of drug-likeness (QED) is 0.610. The van der Waals surface area contributed by atoms with Crippen molar-refractivity contribution < 1.29 is 4.79 Å². The molecule has 0 bridgehead atoms. The van der Waals surface area contributed by atoms with E-state index >= 15 is 0 Å². The number of carbonyl (C=O) groups is 1. The van der Waals surface area contributed by atoms with Gasteiger partial charge < -0.3 is 4.90 Å². The highest BCUT2D eigenvalue weighted by Crippen LogP contribution is 2.30. The van der Waals surface area contributed by atoms with Crippen molar-refractivity contribution >= 4 is 18.5 Å². The van der Waals surface area contributed by atoms with Crippen LogP contribution in [0.15, 0.2) is 40.8 Å². The van der Waals surface area contributed by atoms with Crippen molar-refractivity contribution in [2.45, 2.75) is 32.1 Å². The van der Waals surface area contributed by atoms with Crippen molar-refractivity contribution in [2.24, 2.45) is 5.41 Å². The third-order valence-corrected chi connectivity index (χ3v) is 3.87. The molecule has 0 aliphatic carbocycles. The van der Waals surface area contributed by atoms with Gasteiger partial charge in [0.2, 0.25) is 0 Å². The Morgan fingerprint density at radius 2 is 1.84 bits per heavy atom. The molecule has 1 aliphatic rings. The maximum Gasteiger partial charge on any atom is 0.254 e. The lowest BCUT2D eigenvalue weighted by Crippen LogP contribution is -2.36. The second kappa shape index (κ2) is 5.41.